The second kappa shape index (κ2) is 5.08. The molecule has 0 spiro atoms. The van der Waals surface area contributed by atoms with Gasteiger partial charge in [0.1, 0.15) is 0 Å². The fraction of sp³-hybridized carbons (Fsp3) is 0. The van der Waals surface area contributed by atoms with E-state index in [1.165, 1.54) is 61.9 Å². The quantitative estimate of drug-likeness (QED) is 0.240. The van der Waals surface area contributed by atoms with Crippen molar-refractivity contribution in [3.63, 3.8) is 0 Å². The van der Waals surface area contributed by atoms with Crippen LogP contribution in [0, 0.1) is 0 Å². The summed E-state index contributed by atoms with van der Waals surface area (Å²) in [7, 11) is 0. The molecule has 0 nitrogen and oxygen atoms in total. The van der Waals surface area contributed by atoms with Crippen LogP contribution < -0.4 is 0 Å². The third kappa shape index (κ3) is 1.82. The topological polar surface area (TPSA) is 0 Å². The van der Waals surface area contributed by atoms with Crippen molar-refractivity contribution in [2.45, 2.75) is 0 Å². The summed E-state index contributed by atoms with van der Waals surface area (Å²) >= 11 is 5.59. The molecule has 0 aliphatic carbocycles. The third-order valence-electron chi connectivity index (χ3n) is 5.66. The maximum atomic E-state index is 2.32. The summed E-state index contributed by atoms with van der Waals surface area (Å²) in [6, 6.07) is 22.9. The van der Waals surface area contributed by atoms with Crippen molar-refractivity contribution < 1.29 is 0 Å². The molecule has 0 amide bonds. The van der Waals surface area contributed by atoms with Gasteiger partial charge in [0.25, 0.3) is 0 Å². The van der Waals surface area contributed by atoms with E-state index in [0.717, 1.165) is 0 Å². The molecule has 0 N–H and O–H groups in total. The van der Waals surface area contributed by atoms with Gasteiger partial charge in [-0.25, -0.2) is 0 Å². The lowest BCUT2D eigenvalue weighted by Crippen LogP contribution is -1.75. The average Bonchev–Trinajstić information content (AvgIpc) is 3.43. The molecule has 126 valence electrons. The van der Waals surface area contributed by atoms with Crippen LogP contribution in [0.2, 0.25) is 0 Å². The van der Waals surface area contributed by atoms with E-state index >= 15 is 0 Å². The van der Waals surface area contributed by atoms with Crippen molar-refractivity contribution >= 4 is 95.9 Å². The monoisotopic (exact) mass is 396 g/mol. The molecule has 0 bridgehead atoms. The minimum absolute atomic E-state index is 1.37. The molecule has 0 radical (unpaired) electrons. The van der Waals surface area contributed by atoms with Crippen LogP contribution in [0.5, 0.6) is 0 Å². The highest BCUT2D eigenvalue weighted by Gasteiger charge is 2.13. The number of benzene rings is 4. The molecule has 0 saturated carbocycles. The van der Waals surface area contributed by atoms with Crippen LogP contribution in [-0.4, -0.2) is 0 Å². The van der Waals surface area contributed by atoms with Crippen LogP contribution in [0.15, 0.2) is 71.4 Å². The average molecular weight is 397 g/mol. The molecule has 3 heteroatoms. The SMILES string of the molecule is c1cc2c(ccc3c2ccc2c4ccc5c6ccsc6ccc5c4sc32)s1. The Morgan fingerprint density at radius 1 is 0.370 bits per heavy atom. The first-order valence-corrected chi connectivity index (χ1v) is 11.5. The molecule has 0 fully saturated rings. The number of hydrogen-bond acceptors (Lipinski definition) is 3. The minimum atomic E-state index is 1.37. The predicted molar refractivity (Wildman–Crippen MR) is 125 cm³/mol. The fourth-order valence-electron chi connectivity index (χ4n) is 4.41. The van der Waals surface area contributed by atoms with Crippen LogP contribution in [0.1, 0.15) is 0 Å². The normalized spacial score (nSPS) is 12.4. The van der Waals surface area contributed by atoms with E-state index in [2.05, 4.69) is 71.4 Å². The second-order valence-electron chi connectivity index (χ2n) is 6.97. The minimum Gasteiger partial charge on any atom is -0.144 e. The highest BCUT2D eigenvalue weighted by molar-refractivity contribution is 7.27. The standard InChI is InChI=1S/C24H12S3/c1-3-19-20-4-2-14-16-10-12-26-22(16)8-6-18(14)24(20)27-23(19)17-5-7-21-15(13(1)17)9-11-25-21/h1-12H. The number of rotatable bonds is 0. The van der Waals surface area contributed by atoms with Gasteiger partial charge in [-0.3, -0.25) is 0 Å². The first kappa shape index (κ1) is 14.6. The van der Waals surface area contributed by atoms with Crippen molar-refractivity contribution in [1.29, 1.82) is 0 Å². The summed E-state index contributed by atoms with van der Waals surface area (Å²) in [4.78, 5) is 0. The highest BCUT2D eigenvalue weighted by Crippen LogP contribution is 2.44. The highest BCUT2D eigenvalue weighted by atomic mass is 32.1. The van der Waals surface area contributed by atoms with E-state index < -0.39 is 0 Å². The van der Waals surface area contributed by atoms with Gasteiger partial charge >= 0.3 is 0 Å². The summed E-state index contributed by atoms with van der Waals surface area (Å²) in [5.74, 6) is 0. The summed E-state index contributed by atoms with van der Waals surface area (Å²) < 4.78 is 5.56. The van der Waals surface area contributed by atoms with E-state index in [-0.39, 0.29) is 0 Å². The van der Waals surface area contributed by atoms with Crippen LogP contribution in [0.3, 0.4) is 0 Å². The predicted octanol–water partition coefficient (Wildman–Crippen LogP) is 8.79. The Balaban J connectivity index is 1.72. The van der Waals surface area contributed by atoms with Gasteiger partial charge in [0.05, 0.1) is 0 Å². The first-order valence-electron chi connectivity index (χ1n) is 8.92. The molecule has 27 heavy (non-hydrogen) atoms. The maximum Gasteiger partial charge on any atom is 0.0434 e. The lowest BCUT2D eigenvalue weighted by atomic mass is 10.0. The zero-order valence-corrected chi connectivity index (χ0v) is 16.6. The lowest BCUT2D eigenvalue weighted by Gasteiger charge is -2.02. The molecule has 3 heterocycles. The summed E-state index contributed by atoms with van der Waals surface area (Å²) in [6.45, 7) is 0. The van der Waals surface area contributed by atoms with Crippen LogP contribution in [-0.2, 0) is 0 Å². The Labute approximate surface area is 166 Å². The van der Waals surface area contributed by atoms with Crippen molar-refractivity contribution in [3.05, 3.63) is 71.4 Å². The lowest BCUT2D eigenvalue weighted by molar-refractivity contribution is 1.92. The van der Waals surface area contributed by atoms with Crippen molar-refractivity contribution in [2.24, 2.45) is 0 Å². The van der Waals surface area contributed by atoms with Gasteiger partial charge < -0.3 is 0 Å². The summed E-state index contributed by atoms with van der Waals surface area (Å²) in [5.41, 5.74) is 0. The largest absolute Gasteiger partial charge is 0.144 e. The zero-order valence-electron chi connectivity index (χ0n) is 14.2. The van der Waals surface area contributed by atoms with Crippen LogP contribution >= 0.6 is 34.0 Å². The van der Waals surface area contributed by atoms with E-state index in [0.29, 0.717) is 0 Å². The molecule has 0 saturated heterocycles. The molecule has 7 rings (SSSR count). The summed E-state index contributed by atoms with van der Waals surface area (Å²) in [5, 5.41) is 15.4. The molecule has 4 aromatic carbocycles. The Kier molecular flexibility index (Phi) is 2.74. The Morgan fingerprint density at radius 2 is 0.778 bits per heavy atom. The second-order valence-corrected chi connectivity index (χ2v) is 9.89. The van der Waals surface area contributed by atoms with Crippen molar-refractivity contribution in [3.8, 4) is 0 Å². The van der Waals surface area contributed by atoms with Gasteiger partial charge in [0, 0.05) is 51.1 Å². The van der Waals surface area contributed by atoms with E-state index in [1.807, 2.05) is 34.0 Å². The van der Waals surface area contributed by atoms with Crippen LogP contribution in [0.25, 0.3) is 61.9 Å². The zero-order chi connectivity index (χ0) is 17.5. The fourth-order valence-corrected chi connectivity index (χ4v) is 7.37. The molecular formula is C24H12S3. The van der Waals surface area contributed by atoms with Gasteiger partial charge in [-0.1, -0.05) is 36.4 Å². The van der Waals surface area contributed by atoms with Crippen molar-refractivity contribution in [2.75, 3.05) is 0 Å². The van der Waals surface area contributed by atoms with Gasteiger partial charge in [-0.15, -0.1) is 34.0 Å². The Hall–Kier alpha value is -2.46. The van der Waals surface area contributed by atoms with Gasteiger partial charge in [0.2, 0.25) is 0 Å². The number of hydrogen-bond donors (Lipinski definition) is 0. The maximum absolute atomic E-state index is 2.32. The van der Waals surface area contributed by atoms with Gasteiger partial charge in [-0.2, -0.15) is 0 Å². The first-order chi connectivity index (χ1) is 13.4. The van der Waals surface area contributed by atoms with Crippen molar-refractivity contribution in [1.82, 2.24) is 0 Å². The van der Waals surface area contributed by atoms with E-state index in [9.17, 15) is 0 Å². The summed E-state index contributed by atoms with van der Waals surface area (Å²) in [6.07, 6.45) is 0. The number of fused-ring (bicyclic) bond motifs is 11. The number of thiophene rings is 3. The van der Waals surface area contributed by atoms with Gasteiger partial charge in [-0.05, 0) is 45.8 Å². The molecule has 0 aliphatic heterocycles. The Bertz CT molecular complexity index is 1550. The smallest absolute Gasteiger partial charge is 0.0434 e. The van der Waals surface area contributed by atoms with E-state index in [1.54, 1.807) is 0 Å². The molecule has 3 aromatic heterocycles. The molecule has 7 aromatic rings. The van der Waals surface area contributed by atoms with Gasteiger partial charge in [0.15, 0.2) is 0 Å². The third-order valence-corrected chi connectivity index (χ3v) is 8.71. The molecule has 0 unspecified atom stereocenters. The van der Waals surface area contributed by atoms with Crippen LogP contribution in [0.4, 0.5) is 0 Å². The Morgan fingerprint density at radius 3 is 1.30 bits per heavy atom. The van der Waals surface area contributed by atoms with E-state index in [4.69, 9.17) is 0 Å². The molecule has 0 aliphatic rings. The molecule has 0 atom stereocenters. The molecular weight excluding hydrogens is 384 g/mol.